The predicted octanol–water partition coefficient (Wildman–Crippen LogP) is 9.69. The number of hydrogen-bond donors (Lipinski definition) is 0. The van der Waals surface area contributed by atoms with Gasteiger partial charge in [0, 0.05) is 41.9 Å². The number of rotatable bonds is 13. The van der Waals surface area contributed by atoms with E-state index in [1.165, 1.54) is 53.7 Å². The standard InChI is InChI=1S/C44H51N5O6S2/c1-44(2,3)55-43(50)48-27-37(28-48)56-39-24-23-38(34-17-15-33(16-18-34)32-9-7-6-8-10-32)40(42-45-29-46-47-42)41(39)57(51,52)49(25-30-11-19-35(53-4)20-12-30)26-31-13-21-36(54-5)22-14-31/h11-24,32,37H,6-10,25-29H2,1-5H3. The lowest BCUT2D eigenvalue weighted by Gasteiger charge is -2.39. The Hall–Kier alpha value is -4.72. The Balaban J connectivity index is 1.34. The third kappa shape index (κ3) is 9.54. The number of sulfonamides is 1. The van der Waals surface area contributed by atoms with Gasteiger partial charge in [0.2, 0.25) is 10.0 Å². The van der Waals surface area contributed by atoms with Crippen LogP contribution < -0.4 is 9.47 Å². The van der Waals surface area contributed by atoms with Gasteiger partial charge in [-0.15, -0.1) is 16.9 Å². The zero-order chi connectivity index (χ0) is 40.2. The number of carbonyl (C=O) groups excluding carboxylic acids is 1. The number of azo groups is 1. The van der Waals surface area contributed by atoms with Crippen LogP contribution in [0.3, 0.4) is 0 Å². The van der Waals surface area contributed by atoms with Crippen molar-refractivity contribution in [3.05, 3.63) is 107 Å². The smallest absolute Gasteiger partial charge is 0.410 e. The average Bonchev–Trinajstić information content (AvgIpc) is 3.74. The summed E-state index contributed by atoms with van der Waals surface area (Å²) in [6.45, 7) is 6.65. The SMILES string of the molecule is COc1ccc(CN(Cc2ccc(OC)cc2)S(=O)(=O)c2c(SC3CN(C(=O)OC(C)(C)C)C3)ccc(-c3ccc(C4CCCCC4)cc3)c2C2=NCN=N2)cc1. The molecule has 2 fully saturated rings. The van der Waals surface area contributed by atoms with Gasteiger partial charge in [0.25, 0.3) is 0 Å². The van der Waals surface area contributed by atoms with E-state index in [1.54, 1.807) is 19.1 Å². The number of methoxy groups -OCH3 is 2. The van der Waals surface area contributed by atoms with Crippen LogP contribution in [0.2, 0.25) is 0 Å². The summed E-state index contributed by atoms with van der Waals surface area (Å²) >= 11 is 1.45. The molecule has 7 rings (SSSR count). The number of benzene rings is 4. The van der Waals surface area contributed by atoms with Gasteiger partial charge in [-0.3, -0.25) is 0 Å². The molecule has 0 atom stereocenters. The second-order valence-electron chi connectivity index (χ2n) is 15.7. The van der Waals surface area contributed by atoms with Crippen LogP contribution in [0.15, 0.2) is 110 Å². The van der Waals surface area contributed by atoms with Gasteiger partial charge in [-0.1, -0.05) is 73.9 Å². The van der Waals surface area contributed by atoms with Gasteiger partial charge >= 0.3 is 6.09 Å². The highest BCUT2D eigenvalue weighted by Gasteiger charge is 2.39. The number of hydrogen-bond acceptors (Lipinski definition) is 10. The summed E-state index contributed by atoms with van der Waals surface area (Å²) in [6, 6.07) is 27.3. The zero-order valence-corrected chi connectivity index (χ0v) is 34.9. The fourth-order valence-corrected chi connectivity index (χ4v) is 10.9. The lowest BCUT2D eigenvalue weighted by atomic mass is 9.83. The number of nitrogens with zero attached hydrogens (tertiary/aromatic N) is 5. The summed E-state index contributed by atoms with van der Waals surface area (Å²) in [4.78, 5) is 19.8. The van der Waals surface area contributed by atoms with Crippen molar-refractivity contribution in [3.63, 3.8) is 0 Å². The van der Waals surface area contributed by atoms with E-state index in [9.17, 15) is 4.79 Å². The van der Waals surface area contributed by atoms with Gasteiger partial charge < -0.3 is 19.1 Å². The van der Waals surface area contributed by atoms with E-state index in [2.05, 4.69) is 39.5 Å². The summed E-state index contributed by atoms with van der Waals surface area (Å²) in [5, 5.41) is 8.55. The van der Waals surface area contributed by atoms with E-state index in [4.69, 9.17) is 14.2 Å². The second kappa shape index (κ2) is 17.4. The molecule has 4 aromatic carbocycles. The molecule has 1 saturated heterocycles. The molecule has 0 unspecified atom stereocenters. The molecule has 11 nitrogen and oxygen atoms in total. The van der Waals surface area contributed by atoms with Crippen LogP contribution in [-0.2, 0) is 27.8 Å². The Morgan fingerprint density at radius 2 is 1.42 bits per heavy atom. The van der Waals surface area contributed by atoms with Gasteiger partial charge in [0.15, 0.2) is 12.5 Å². The number of likely N-dealkylation sites (tertiary alicyclic amines) is 1. The van der Waals surface area contributed by atoms with Crippen LogP contribution in [0, 0.1) is 0 Å². The van der Waals surface area contributed by atoms with Crippen molar-refractivity contribution in [2.24, 2.45) is 15.2 Å². The lowest BCUT2D eigenvalue weighted by molar-refractivity contribution is 0.0143. The minimum Gasteiger partial charge on any atom is -0.497 e. The second-order valence-corrected chi connectivity index (χ2v) is 18.9. The number of carbonyl (C=O) groups is 1. The Labute approximate surface area is 340 Å². The number of thioether (sulfide) groups is 1. The van der Waals surface area contributed by atoms with Crippen LogP contribution >= 0.6 is 11.8 Å². The first-order valence-electron chi connectivity index (χ1n) is 19.5. The maximum Gasteiger partial charge on any atom is 0.410 e. The van der Waals surface area contributed by atoms with Crippen molar-refractivity contribution in [2.75, 3.05) is 34.0 Å². The molecule has 0 radical (unpaired) electrons. The monoisotopic (exact) mass is 809 g/mol. The number of amides is 1. The highest BCUT2D eigenvalue weighted by molar-refractivity contribution is 8.00. The van der Waals surface area contributed by atoms with Crippen molar-refractivity contribution in [1.29, 1.82) is 0 Å². The van der Waals surface area contributed by atoms with Crippen LogP contribution in [-0.4, -0.2) is 74.4 Å². The highest BCUT2D eigenvalue weighted by atomic mass is 32.2. The van der Waals surface area contributed by atoms with E-state index in [-0.39, 0.29) is 41.8 Å². The molecule has 1 saturated carbocycles. The molecule has 3 aliphatic rings. The summed E-state index contributed by atoms with van der Waals surface area (Å²) in [5.41, 5.74) is 4.28. The van der Waals surface area contributed by atoms with E-state index >= 15 is 8.42 Å². The number of ether oxygens (including phenoxy) is 3. The minimum atomic E-state index is -4.30. The topological polar surface area (TPSA) is 122 Å². The van der Waals surface area contributed by atoms with Crippen molar-refractivity contribution in [2.45, 2.75) is 92.5 Å². The van der Waals surface area contributed by atoms with E-state index < -0.39 is 15.6 Å². The molecule has 2 heterocycles. The molecule has 13 heteroatoms. The van der Waals surface area contributed by atoms with Crippen molar-refractivity contribution in [1.82, 2.24) is 9.21 Å². The third-order valence-electron chi connectivity index (χ3n) is 10.5. The molecule has 1 aliphatic carbocycles. The molecular weight excluding hydrogens is 759 g/mol. The zero-order valence-electron chi connectivity index (χ0n) is 33.3. The Kier molecular flexibility index (Phi) is 12.4. The van der Waals surface area contributed by atoms with Crippen LogP contribution in [0.4, 0.5) is 4.79 Å². The van der Waals surface area contributed by atoms with Crippen LogP contribution in [0.25, 0.3) is 11.1 Å². The minimum absolute atomic E-state index is 0.0660. The maximum absolute atomic E-state index is 15.7. The summed E-state index contributed by atoms with van der Waals surface area (Å²) in [6.07, 6.45) is 5.74. The molecular formula is C44H51N5O6S2. The normalized spacial score (nSPS) is 16.4. The molecule has 0 aromatic heterocycles. The number of aliphatic imine (C=N–C) groups is 1. The highest BCUT2D eigenvalue weighted by Crippen LogP contribution is 2.43. The summed E-state index contributed by atoms with van der Waals surface area (Å²) < 4.78 is 49.3. The van der Waals surface area contributed by atoms with Gasteiger partial charge in [0.1, 0.15) is 22.0 Å². The molecule has 57 heavy (non-hydrogen) atoms. The third-order valence-corrected chi connectivity index (χ3v) is 13.8. The van der Waals surface area contributed by atoms with Gasteiger partial charge in [-0.25, -0.2) is 18.2 Å². The Morgan fingerprint density at radius 3 is 1.95 bits per heavy atom. The predicted molar refractivity (Wildman–Crippen MR) is 224 cm³/mol. The van der Waals surface area contributed by atoms with Crippen molar-refractivity contribution < 1.29 is 27.4 Å². The Bertz CT molecular complexity index is 2160. The quantitative estimate of drug-likeness (QED) is 0.132. The van der Waals surface area contributed by atoms with Gasteiger partial charge in [0.05, 0.1) is 14.2 Å². The maximum atomic E-state index is 15.7. The van der Waals surface area contributed by atoms with Crippen molar-refractivity contribution in [3.8, 4) is 22.6 Å². The molecule has 300 valence electrons. The first kappa shape index (κ1) is 40.5. The molecule has 0 bridgehead atoms. The first-order chi connectivity index (χ1) is 27.4. The van der Waals surface area contributed by atoms with Gasteiger partial charge in [-0.05, 0) is 97.7 Å². The van der Waals surface area contributed by atoms with Crippen LogP contribution in [0.5, 0.6) is 11.5 Å². The van der Waals surface area contributed by atoms with Crippen LogP contribution in [0.1, 0.15) is 81.0 Å². The summed E-state index contributed by atoms with van der Waals surface area (Å²) in [7, 11) is -1.10. The fourth-order valence-electron chi connectivity index (χ4n) is 7.50. The average molecular weight is 810 g/mol. The summed E-state index contributed by atoms with van der Waals surface area (Å²) in [5.74, 6) is 2.16. The van der Waals surface area contributed by atoms with E-state index in [0.717, 1.165) is 16.7 Å². The largest absolute Gasteiger partial charge is 0.497 e. The van der Waals surface area contributed by atoms with Gasteiger partial charge in [-0.2, -0.15) is 9.42 Å². The number of amidine groups is 1. The molecule has 0 spiro atoms. The Morgan fingerprint density at radius 1 is 0.825 bits per heavy atom. The lowest BCUT2D eigenvalue weighted by Crippen LogP contribution is -2.53. The molecule has 2 aliphatic heterocycles. The van der Waals surface area contributed by atoms with Crippen molar-refractivity contribution >= 4 is 33.7 Å². The van der Waals surface area contributed by atoms with E-state index in [1.807, 2.05) is 81.4 Å². The first-order valence-corrected chi connectivity index (χ1v) is 21.8. The fraction of sp³-hybridized carbons (Fsp3) is 0.409. The molecule has 1 amide bonds. The van der Waals surface area contributed by atoms with E-state index in [0.29, 0.717) is 46.5 Å². The molecule has 0 N–H and O–H groups in total. The molecule has 4 aromatic rings.